The molecule has 0 aliphatic heterocycles. The van der Waals surface area contributed by atoms with Crippen molar-refractivity contribution in [1.29, 1.82) is 0 Å². The largest absolute Gasteiger partial charge is 0.351 e. The van der Waals surface area contributed by atoms with Gasteiger partial charge in [0.05, 0.1) is 0 Å². The Morgan fingerprint density at radius 3 is 2.22 bits per heavy atom. The van der Waals surface area contributed by atoms with Crippen LogP contribution in [-0.4, -0.2) is 38.0 Å². The number of nitrogens with two attached hydrogens (primary N) is 1. The van der Waals surface area contributed by atoms with Gasteiger partial charge in [0.25, 0.3) is 5.91 Å². The van der Waals surface area contributed by atoms with Gasteiger partial charge in [-0.05, 0) is 31.8 Å². The molecule has 1 aromatic carbocycles. The Kier molecular flexibility index (Phi) is 11.0. The van der Waals surface area contributed by atoms with Gasteiger partial charge in [0.2, 0.25) is 0 Å². The second-order valence-corrected chi connectivity index (χ2v) is 3.96. The summed E-state index contributed by atoms with van der Waals surface area (Å²) in [4.78, 5) is 13.7. The number of nitrogens with zero attached hydrogens (tertiary/aromatic N) is 1. The summed E-state index contributed by atoms with van der Waals surface area (Å²) in [5.41, 5.74) is 7.19. The van der Waals surface area contributed by atoms with Gasteiger partial charge in [-0.1, -0.05) is 12.1 Å². The molecule has 0 aromatic heterocycles. The fraction of sp³-hybridized carbons (Fsp3) is 0.417. The van der Waals surface area contributed by atoms with Crippen LogP contribution in [0.5, 0.6) is 0 Å². The topological polar surface area (TPSA) is 58.4 Å². The maximum atomic E-state index is 11.7. The van der Waals surface area contributed by atoms with E-state index in [1.165, 1.54) is 0 Å². The van der Waals surface area contributed by atoms with Crippen molar-refractivity contribution in [2.75, 3.05) is 27.2 Å². The third-order valence-electron chi connectivity index (χ3n) is 2.30. The Morgan fingerprint density at radius 1 is 1.22 bits per heavy atom. The van der Waals surface area contributed by atoms with Gasteiger partial charge in [0.1, 0.15) is 0 Å². The van der Waals surface area contributed by atoms with Crippen LogP contribution in [0.4, 0.5) is 0 Å². The maximum Gasteiger partial charge on any atom is 0.251 e. The van der Waals surface area contributed by atoms with Crippen molar-refractivity contribution in [1.82, 2.24) is 10.2 Å². The van der Waals surface area contributed by atoms with Crippen LogP contribution in [0.25, 0.3) is 0 Å². The number of carbonyl (C=O) groups is 1. The predicted molar refractivity (Wildman–Crippen MR) is 79.7 cm³/mol. The third-order valence-corrected chi connectivity index (χ3v) is 2.30. The average Bonchev–Trinajstić information content (AvgIpc) is 2.28. The molecule has 0 aliphatic rings. The zero-order chi connectivity index (χ0) is 12.0. The summed E-state index contributed by atoms with van der Waals surface area (Å²) in [6, 6.07) is 7.35. The Balaban J connectivity index is 0. The molecule has 104 valence electrons. The SMILES string of the molecule is CN(C)CCNC(=O)c1ccc(CN)cc1.Cl.Cl. The van der Waals surface area contributed by atoms with E-state index in [1.54, 1.807) is 12.1 Å². The van der Waals surface area contributed by atoms with E-state index in [1.807, 2.05) is 31.1 Å². The fourth-order valence-corrected chi connectivity index (χ4v) is 1.29. The second kappa shape index (κ2) is 10.1. The van der Waals surface area contributed by atoms with Gasteiger partial charge in [-0.3, -0.25) is 4.79 Å². The molecule has 0 aliphatic carbocycles. The average molecular weight is 294 g/mol. The van der Waals surface area contributed by atoms with E-state index in [2.05, 4.69) is 5.32 Å². The van der Waals surface area contributed by atoms with Crippen LogP contribution >= 0.6 is 24.8 Å². The standard InChI is InChI=1S/C12H19N3O.2ClH/c1-15(2)8-7-14-12(16)11-5-3-10(9-13)4-6-11;;/h3-6H,7-9,13H2,1-2H3,(H,14,16);2*1H. The van der Waals surface area contributed by atoms with Crippen molar-refractivity contribution in [3.63, 3.8) is 0 Å². The normalized spacial score (nSPS) is 9.33. The Hall–Kier alpha value is -0.810. The van der Waals surface area contributed by atoms with Crippen LogP contribution in [0, 0.1) is 0 Å². The highest BCUT2D eigenvalue weighted by Crippen LogP contribution is 2.03. The van der Waals surface area contributed by atoms with Crippen molar-refractivity contribution < 1.29 is 4.79 Å². The Bertz CT molecular complexity index is 342. The minimum atomic E-state index is -0.0366. The molecule has 0 radical (unpaired) electrons. The molecule has 6 heteroatoms. The van der Waals surface area contributed by atoms with Crippen molar-refractivity contribution in [2.24, 2.45) is 5.73 Å². The Labute approximate surface area is 121 Å². The van der Waals surface area contributed by atoms with Crippen molar-refractivity contribution in [2.45, 2.75) is 6.54 Å². The molecule has 0 saturated heterocycles. The van der Waals surface area contributed by atoms with E-state index < -0.39 is 0 Å². The molecule has 0 heterocycles. The van der Waals surface area contributed by atoms with Crippen LogP contribution in [0.1, 0.15) is 15.9 Å². The predicted octanol–water partition coefficient (Wildman–Crippen LogP) is 1.28. The summed E-state index contributed by atoms with van der Waals surface area (Å²) >= 11 is 0. The van der Waals surface area contributed by atoms with Crippen molar-refractivity contribution >= 4 is 30.7 Å². The molecule has 0 saturated carbocycles. The first-order valence-corrected chi connectivity index (χ1v) is 5.35. The first-order chi connectivity index (χ1) is 7.63. The number of halogens is 2. The number of hydrogen-bond acceptors (Lipinski definition) is 3. The molecule has 0 spiro atoms. The molecule has 1 rings (SSSR count). The van der Waals surface area contributed by atoms with E-state index in [-0.39, 0.29) is 30.7 Å². The summed E-state index contributed by atoms with van der Waals surface area (Å²) in [5.74, 6) is -0.0366. The number of likely N-dealkylation sites (N-methyl/N-ethyl adjacent to an activating group) is 1. The van der Waals surface area contributed by atoms with E-state index >= 15 is 0 Å². The molecular weight excluding hydrogens is 273 g/mol. The van der Waals surface area contributed by atoms with E-state index in [9.17, 15) is 4.79 Å². The monoisotopic (exact) mass is 293 g/mol. The lowest BCUT2D eigenvalue weighted by atomic mass is 10.1. The van der Waals surface area contributed by atoms with Crippen LogP contribution in [0.3, 0.4) is 0 Å². The molecule has 0 bridgehead atoms. The zero-order valence-corrected chi connectivity index (χ0v) is 12.3. The molecule has 0 atom stereocenters. The highest BCUT2D eigenvalue weighted by atomic mass is 35.5. The van der Waals surface area contributed by atoms with E-state index in [0.29, 0.717) is 18.7 Å². The quantitative estimate of drug-likeness (QED) is 0.860. The van der Waals surface area contributed by atoms with Crippen molar-refractivity contribution in [3.05, 3.63) is 35.4 Å². The van der Waals surface area contributed by atoms with Gasteiger partial charge in [-0.15, -0.1) is 24.8 Å². The van der Waals surface area contributed by atoms with Gasteiger partial charge >= 0.3 is 0 Å². The number of nitrogens with one attached hydrogen (secondary N) is 1. The molecular formula is C12H21Cl2N3O. The van der Waals surface area contributed by atoms with Crippen molar-refractivity contribution in [3.8, 4) is 0 Å². The number of amides is 1. The van der Waals surface area contributed by atoms with E-state index in [0.717, 1.165) is 12.1 Å². The van der Waals surface area contributed by atoms with E-state index in [4.69, 9.17) is 5.73 Å². The minimum Gasteiger partial charge on any atom is -0.351 e. The summed E-state index contributed by atoms with van der Waals surface area (Å²) < 4.78 is 0. The molecule has 0 fully saturated rings. The molecule has 0 unspecified atom stereocenters. The zero-order valence-electron chi connectivity index (χ0n) is 10.7. The smallest absolute Gasteiger partial charge is 0.251 e. The van der Waals surface area contributed by atoms with Crippen LogP contribution in [-0.2, 0) is 6.54 Å². The van der Waals surface area contributed by atoms with Gasteiger partial charge in [0.15, 0.2) is 0 Å². The summed E-state index contributed by atoms with van der Waals surface area (Å²) in [5, 5.41) is 2.86. The Morgan fingerprint density at radius 2 is 1.78 bits per heavy atom. The maximum absolute atomic E-state index is 11.7. The minimum absolute atomic E-state index is 0. The second-order valence-electron chi connectivity index (χ2n) is 3.96. The number of rotatable bonds is 5. The summed E-state index contributed by atoms with van der Waals surface area (Å²) in [7, 11) is 3.95. The number of hydrogen-bond donors (Lipinski definition) is 2. The van der Waals surface area contributed by atoms with Crippen LogP contribution in [0.2, 0.25) is 0 Å². The number of carbonyl (C=O) groups excluding carboxylic acids is 1. The lowest BCUT2D eigenvalue weighted by molar-refractivity contribution is 0.0951. The van der Waals surface area contributed by atoms with Crippen LogP contribution in [0.15, 0.2) is 24.3 Å². The lowest BCUT2D eigenvalue weighted by Gasteiger charge is -2.10. The molecule has 3 N–H and O–H groups in total. The van der Waals surface area contributed by atoms with Gasteiger partial charge < -0.3 is 16.0 Å². The molecule has 4 nitrogen and oxygen atoms in total. The lowest BCUT2D eigenvalue weighted by Crippen LogP contribution is -2.31. The number of benzene rings is 1. The highest BCUT2D eigenvalue weighted by Gasteiger charge is 2.04. The first kappa shape index (κ1) is 19.5. The highest BCUT2D eigenvalue weighted by molar-refractivity contribution is 5.94. The summed E-state index contributed by atoms with van der Waals surface area (Å²) in [6.45, 7) is 2.00. The van der Waals surface area contributed by atoms with Gasteiger partial charge in [0, 0.05) is 25.2 Å². The fourth-order valence-electron chi connectivity index (χ4n) is 1.29. The molecule has 18 heavy (non-hydrogen) atoms. The molecule has 1 amide bonds. The third kappa shape index (κ3) is 6.81. The van der Waals surface area contributed by atoms with Gasteiger partial charge in [-0.2, -0.15) is 0 Å². The van der Waals surface area contributed by atoms with Gasteiger partial charge in [-0.25, -0.2) is 0 Å². The molecule has 1 aromatic rings. The summed E-state index contributed by atoms with van der Waals surface area (Å²) in [6.07, 6.45) is 0. The first-order valence-electron chi connectivity index (χ1n) is 5.35. The van der Waals surface area contributed by atoms with Crippen LogP contribution < -0.4 is 11.1 Å².